The third-order valence-electron chi connectivity index (χ3n) is 7.54. The van der Waals surface area contributed by atoms with E-state index in [1.165, 1.54) is 10.7 Å². The summed E-state index contributed by atoms with van der Waals surface area (Å²) in [7, 11) is -0.391. The van der Waals surface area contributed by atoms with Crippen LogP contribution in [0.3, 0.4) is 0 Å². The number of carbonyl (C=O) groups excluding carboxylic acids is 1. The maximum Gasteiger partial charge on any atom is 0.317 e. The predicted octanol–water partition coefficient (Wildman–Crippen LogP) is 6.87. The van der Waals surface area contributed by atoms with Gasteiger partial charge >= 0.3 is 12.0 Å². The number of esters is 1. The molecule has 45 heavy (non-hydrogen) atoms. The van der Waals surface area contributed by atoms with Crippen molar-refractivity contribution < 1.29 is 28.1 Å². The largest absolute Gasteiger partial charge is 0.476 e. The molecule has 0 aliphatic heterocycles. The Morgan fingerprint density at radius 2 is 1.87 bits per heavy atom. The fourth-order valence-electron chi connectivity index (χ4n) is 4.67. The molecule has 0 saturated heterocycles. The second-order valence-electron chi connectivity index (χ2n) is 12.0. The molecular formula is C34H40FN4O5Si. The summed E-state index contributed by atoms with van der Waals surface area (Å²) in [5.41, 5.74) is 2.86. The highest BCUT2D eigenvalue weighted by atomic mass is 28.3. The third kappa shape index (κ3) is 8.34. The number of hydrogen-bond donors (Lipinski definition) is 0. The standard InChI is InChI=1S/C34H40FN4O5Si/c1-23(2)44-33-37-31(38-39(33)22-41-15-16-45(4)5)27-12-11-26(18-29(27)35)28-19-36-30(17-24(28)3)43-21-34(13-14-34)32(40)42-20-25-9-7-6-8-10-25/h6-12,17-19,23H,13-16,20-22H2,1-5H3. The number of pyridine rings is 1. The minimum Gasteiger partial charge on any atom is -0.476 e. The SMILES string of the molecule is Cc1cc(OCC2(C(=O)OCc3ccccc3)CC2)ncc1-c1ccc(-c2nc(OC(C)C)n(COCC[Si](C)C)n2)c(F)c1. The molecule has 0 amide bonds. The van der Waals surface area contributed by atoms with Crippen LogP contribution in [0.2, 0.25) is 19.1 Å². The molecular weight excluding hydrogens is 591 g/mol. The van der Waals surface area contributed by atoms with Crippen LogP contribution < -0.4 is 9.47 Å². The van der Waals surface area contributed by atoms with Gasteiger partial charge in [0.1, 0.15) is 31.2 Å². The fourth-order valence-corrected chi connectivity index (χ4v) is 5.23. The van der Waals surface area contributed by atoms with Gasteiger partial charge in [0.2, 0.25) is 5.88 Å². The molecule has 0 spiro atoms. The molecule has 1 aliphatic rings. The van der Waals surface area contributed by atoms with Gasteiger partial charge in [-0.25, -0.2) is 9.37 Å². The lowest BCUT2D eigenvalue weighted by atomic mass is 10.0. The van der Waals surface area contributed by atoms with Gasteiger partial charge in [0.15, 0.2) is 5.82 Å². The van der Waals surface area contributed by atoms with Gasteiger partial charge in [-0.1, -0.05) is 49.5 Å². The highest BCUT2D eigenvalue weighted by Gasteiger charge is 2.52. The number of aromatic nitrogens is 4. The van der Waals surface area contributed by atoms with Gasteiger partial charge in [-0.05, 0) is 68.5 Å². The van der Waals surface area contributed by atoms with E-state index in [-0.39, 0.29) is 49.4 Å². The minimum absolute atomic E-state index is 0.125. The van der Waals surface area contributed by atoms with Gasteiger partial charge in [-0.15, -0.1) is 5.10 Å². The van der Waals surface area contributed by atoms with Crippen molar-refractivity contribution in [2.75, 3.05) is 13.2 Å². The van der Waals surface area contributed by atoms with E-state index in [4.69, 9.17) is 18.9 Å². The monoisotopic (exact) mass is 631 g/mol. The zero-order valence-corrected chi connectivity index (χ0v) is 27.5. The third-order valence-corrected chi connectivity index (χ3v) is 8.75. The van der Waals surface area contributed by atoms with Crippen LogP contribution in [0, 0.1) is 18.2 Å². The molecule has 2 aromatic heterocycles. The van der Waals surface area contributed by atoms with E-state index in [9.17, 15) is 4.79 Å². The average Bonchev–Trinajstić information content (AvgIpc) is 3.71. The van der Waals surface area contributed by atoms with E-state index < -0.39 is 20.0 Å². The number of benzene rings is 2. The molecule has 2 heterocycles. The second-order valence-corrected chi connectivity index (χ2v) is 15.0. The Labute approximate surface area is 265 Å². The average molecular weight is 632 g/mol. The Bertz CT molecular complexity index is 1610. The zero-order chi connectivity index (χ0) is 32.0. The first-order valence-corrected chi connectivity index (χ1v) is 17.9. The molecule has 0 unspecified atom stereocenters. The van der Waals surface area contributed by atoms with Crippen LogP contribution >= 0.6 is 0 Å². The summed E-state index contributed by atoms with van der Waals surface area (Å²) >= 11 is 0. The van der Waals surface area contributed by atoms with Crippen LogP contribution in [0.1, 0.15) is 37.8 Å². The summed E-state index contributed by atoms with van der Waals surface area (Å²) in [6, 6.07) is 17.6. The minimum atomic E-state index is -0.634. The van der Waals surface area contributed by atoms with Gasteiger partial charge in [0, 0.05) is 33.2 Å². The summed E-state index contributed by atoms with van der Waals surface area (Å²) in [4.78, 5) is 21.7. The molecule has 237 valence electrons. The molecule has 2 aromatic carbocycles. The molecule has 4 aromatic rings. The second kappa shape index (κ2) is 14.3. The van der Waals surface area contributed by atoms with Crippen LogP contribution in [0.25, 0.3) is 22.5 Å². The number of carbonyl (C=O) groups is 1. The molecule has 9 nitrogen and oxygen atoms in total. The molecule has 11 heteroatoms. The van der Waals surface area contributed by atoms with Gasteiger partial charge in [-0.2, -0.15) is 9.67 Å². The lowest BCUT2D eigenvalue weighted by molar-refractivity contribution is -0.152. The quantitative estimate of drug-likeness (QED) is 0.0797. The van der Waals surface area contributed by atoms with Crippen molar-refractivity contribution in [3.05, 3.63) is 77.7 Å². The Morgan fingerprint density at radius 3 is 2.53 bits per heavy atom. The number of hydrogen-bond acceptors (Lipinski definition) is 8. The molecule has 0 bridgehead atoms. The molecule has 1 fully saturated rings. The van der Waals surface area contributed by atoms with Crippen molar-refractivity contribution in [1.82, 2.24) is 19.7 Å². The van der Waals surface area contributed by atoms with Crippen LogP contribution in [0.15, 0.2) is 60.8 Å². The smallest absolute Gasteiger partial charge is 0.317 e. The molecule has 0 N–H and O–H groups in total. The molecule has 1 saturated carbocycles. The van der Waals surface area contributed by atoms with Crippen molar-refractivity contribution in [2.45, 2.75) is 72.2 Å². The number of nitrogens with zero attached hydrogens (tertiary/aromatic N) is 4. The van der Waals surface area contributed by atoms with Crippen LogP contribution in [0.4, 0.5) is 4.39 Å². The molecule has 1 radical (unpaired) electrons. The lowest BCUT2D eigenvalue weighted by Gasteiger charge is -2.16. The summed E-state index contributed by atoms with van der Waals surface area (Å²) < 4.78 is 40.1. The van der Waals surface area contributed by atoms with Crippen molar-refractivity contribution >= 4 is 14.8 Å². The Balaban J connectivity index is 1.23. The first-order valence-electron chi connectivity index (χ1n) is 15.2. The van der Waals surface area contributed by atoms with Crippen molar-refractivity contribution in [2.24, 2.45) is 5.41 Å². The first kappa shape index (κ1) is 32.3. The summed E-state index contributed by atoms with van der Waals surface area (Å²) in [5.74, 6) is -0.0864. The van der Waals surface area contributed by atoms with E-state index in [1.54, 1.807) is 18.3 Å². The zero-order valence-electron chi connectivity index (χ0n) is 26.5. The van der Waals surface area contributed by atoms with Gasteiger partial charge < -0.3 is 18.9 Å². The lowest BCUT2D eigenvalue weighted by Crippen LogP contribution is -2.26. The number of rotatable bonds is 15. The van der Waals surface area contributed by atoms with Gasteiger partial charge in [-0.3, -0.25) is 4.79 Å². The van der Waals surface area contributed by atoms with Crippen LogP contribution in [0.5, 0.6) is 11.9 Å². The first-order chi connectivity index (χ1) is 21.6. The number of aryl methyl sites for hydroxylation is 1. The van der Waals surface area contributed by atoms with E-state index in [0.717, 1.165) is 22.7 Å². The molecule has 1 aliphatic carbocycles. The van der Waals surface area contributed by atoms with E-state index in [1.807, 2.05) is 57.2 Å². The van der Waals surface area contributed by atoms with Crippen molar-refractivity contribution in [1.29, 1.82) is 0 Å². The Kier molecular flexibility index (Phi) is 10.3. The van der Waals surface area contributed by atoms with Crippen LogP contribution in [-0.4, -0.2) is 53.8 Å². The molecule has 5 rings (SSSR count). The summed E-state index contributed by atoms with van der Waals surface area (Å²) in [6.07, 6.45) is 2.96. The highest BCUT2D eigenvalue weighted by Crippen LogP contribution is 2.47. The van der Waals surface area contributed by atoms with E-state index in [0.29, 0.717) is 30.9 Å². The Hall–Kier alpha value is -4.09. The maximum absolute atomic E-state index is 15.5. The predicted molar refractivity (Wildman–Crippen MR) is 171 cm³/mol. The summed E-state index contributed by atoms with van der Waals surface area (Å²) in [6.45, 7) is 11.4. The number of halogens is 1. The maximum atomic E-state index is 15.5. The van der Waals surface area contributed by atoms with Gasteiger partial charge in [0.25, 0.3) is 0 Å². The van der Waals surface area contributed by atoms with Crippen molar-refractivity contribution in [3.8, 4) is 34.4 Å². The number of ether oxygens (including phenoxy) is 4. The highest BCUT2D eigenvalue weighted by molar-refractivity contribution is 6.55. The fraction of sp³-hybridized carbons (Fsp3) is 0.412. The van der Waals surface area contributed by atoms with Crippen molar-refractivity contribution in [3.63, 3.8) is 0 Å². The Morgan fingerprint density at radius 1 is 1.09 bits per heavy atom. The van der Waals surface area contributed by atoms with E-state index >= 15 is 4.39 Å². The van der Waals surface area contributed by atoms with Gasteiger partial charge in [0.05, 0.1) is 11.7 Å². The molecule has 0 atom stereocenters. The normalized spacial score (nSPS) is 13.7. The topological polar surface area (TPSA) is 97.6 Å². The van der Waals surface area contributed by atoms with Crippen LogP contribution in [-0.2, 0) is 27.6 Å². The van der Waals surface area contributed by atoms with E-state index in [2.05, 4.69) is 28.2 Å². The summed E-state index contributed by atoms with van der Waals surface area (Å²) in [5, 5.41) is 4.49.